The third kappa shape index (κ3) is 5.59. The first-order valence-electron chi connectivity index (χ1n) is 12.4. The molecule has 36 heavy (non-hydrogen) atoms. The van der Waals surface area contributed by atoms with Gasteiger partial charge < -0.3 is 14.2 Å². The van der Waals surface area contributed by atoms with Crippen molar-refractivity contribution >= 4 is 14.6 Å². The first-order chi connectivity index (χ1) is 17.4. The van der Waals surface area contributed by atoms with Crippen LogP contribution in [-0.2, 0) is 11.2 Å². The molecule has 8 nitrogen and oxygen atoms in total. The van der Waals surface area contributed by atoms with E-state index in [1.54, 1.807) is 12.1 Å². The molecule has 188 valence electrons. The quantitative estimate of drug-likeness (QED) is 0.382. The number of hydrogen-bond donors (Lipinski definition) is 1. The lowest BCUT2D eigenvalue weighted by atomic mass is 10.0. The van der Waals surface area contributed by atoms with Crippen LogP contribution < -0.4 is 9.82 Å². The van der Waals surface area contributed by atoms with Crippen LogP contribution in [0.5, 0.6) is 5.75 Å². The number of hydrogen-bond acceptors (Lipinski definition) is 7. The molecule has 0 fully saturated rings. The molecule has 0 saturated carbocycles. The molecule has 2 aromatic carbocycles. The Labute approximate surface area is 213 Å². The van der Waals surface area contributed by atoms with E-state index < -0.39 is 0 Å². The molecule has 4 rings (SSSR count). The highest BCUT2D eigenvalue weighted by Gasteiger charge is 2.27. The maximum Gasteiger partial charge on any atom is 0.258 e. The SMILES string of the molecule is CCN(CC)C(=O)CNP[C@@H]1CCc2c(-c3noc(-c4ccc(OC(C)C)c(C#N)c4)n3)cccc21. The molecule has 3 aromatic rings. The summed E-state index contributed by atoms with van der Waals surface area (Å²) in [6.07, 6.45) is 1.92. The van der Waals surface area contributed by atoms with E-state index in [1.807, 2.05) is 50.8 Å². The minimum atomic E-state index is -0.0272. The van der Waals surface area contributed by atoms with Crippen molar-refractivity contribution in [3.63, 3.8) is 0 Å². The summed E-state index contributed by atoms with van der Waals surface area (Å²) in [5.41, 5.74) is 4.95. The van der Waals surface area contributed by atoms with Gasteiger partial charge in [0.05, 0.1) is 18.2 Å². The van der Waals surface area contributed by atoms with Crippen molar-refractivity contribution in [2.24, 2.45) is 0 Å². The van der Waals surface area contributed by atoms with Crippen LogP contribution in [0.4, 0.5) is 0 Å². The number of rotatable bonds is 10. The highest BCUT2D eigenvalue weighted by Crippen LogP contribution is 2.46. The summed E-state index contributed by atoms with van der Waals surface area (Å²) in [6.45, 7) is 9.67. The van der Waals surface area contributed by atoms with E-state index in [1.165, 1.54) is 11.1 Å². The summed E-state index contributed by atoms with van der Waals surface area (Å²) in [5, 5.41) is 17.2. The minimum absolute atomic E-state index is 0.0272. The molecular formula is C27H32N5O3P. The number of nitriles is 1. The van der Waals surface area contributed by atoms with Crippen molar-refractivity contribution in [3.05, 3.63) is 53.1 Å². The summed E-state index contributed by atoms with van der Waals surface area (Å²) in [6, 6.07) is 13.7. The molecule has 1 aromatic heterocycles. The van der Waals surface area contributed by atoms with Gasteiger partial charge in [-0.1, -0.05) is 23.4 Å². The molecule has 0 saturated heterocycles. The van der Waals surface area contributed by atoms with Crippen molar-refractivity contribution in [1.29, 1.82) is 5.26 Å². The van der Waals surface area contributed by atoms with Gasteiger partial charge in [0.1, 0.15) is 11.8 Å². The number of carbonyl (C=O) groups is 1. The zero-order valence-corrected chi connectivity index (χ0v) is 22.2. The average Bonchev–Trinajstić information content (AvgIpc) is 3.52. The van der Waals surface area contributed by atoms with Crippen molar-refractivity contribution in [3.8, 4) is 34.7 Å². The van der Waals surface area contributed by atoms with Gasteiger partial charge in [-0.2, -0.15) is 10.2 Å². The zero-order valence-electron chi connectivity index (χ0n) is 21.2. The molecule has 0 spiro atoms. The van der Waals surface area contributed by atoms with Crippen LogP contribution in [0.25, 0.3) is 22.8 Å². The van der Waals surface area contributed by atoms with Gasteiger partial charge in [0, 0.05) is 29.9 Å². The molecule has 1 amide bonds. The molecule has 0 radical (unpaired) electrons. The van der Waals surface area contributed by atoms with Crippen molar-refractivity contribution in [2.45, 2.75) is 52.3 Å². The third-order valence-electron chi connectivity index (χ3n) is 6.28. The summed E-state index contributed by atoms with van der Waals surface area (Å²) >= 11 is 0. The van der Waals surface area contributed by atoms with Gasteiger partial charge in [-0.25, -0.2) is 0 Å². The van der Waals surface area contributed by atoms with E-state index in [-0.39, 0.29) is 12.0 Å². The van der Waals surface area contributed by atoms with Gasteiger partial charge >= 0.3 is 0 Å². The second-order valence-corrected chi connectivity index (χ2v) is 10.3. The summed E-state index contributed by atoms with van der Waals surface area (Å²) in [4.78, 5) is 18.8. The van der Waals surface area contributed by atoms with Crippen LogP contribution in [0.15, 0.2) is 40.9 Å². The largest absolute Gasteiger partial charge is 0.490 e. The molecule has 9 heteroatoms. The molecule has 0 bridgehead atoms. The monoisotopic (exact) mass is 505 g/mol. The predicted octanol–water partition coefficient (Wildman–Crippen LogP) is 5.10. The Hall–Kier alpha value is -3.27. The number of ether oxygens (including phenoxy) is 1. The number of nitrogens with zero attached hydrogens (tertiary/aromatic N) is 4. The van der Waals surface area contributed by atoms with Gasteiger partial charge in [-0.05, 0) is 78.6 Å². The fourth-order valence-corrected chi connectivity index (χ4v) is 5.72. The lowest BCUT2D eigenvalue weighted by molar-refractivity contribution is -0.129. The Bertz CT molecular complexity index is 1260. The summed E-state index contributed by atoms with van der Waals surface area (Å²) in [7, 11) is 0.469. The molecule has 1 heterocycles. The van der Waals surface area contributed by atoms with Crippen LogP contribution >= 0.6 is 8.73 Å². The Morgan fingerprint density at radius 1 is 1.31 bits per heavy atom. The standard InChI is InChI=1S/C27H32N5O3P/c1-5-32(6-2)25(33)16-29-36-24-13-11-20-21(24)8-7-9-22(20)26-30-27(35-31-26)18-10-12-23(34-17(3)4)19(14-18)15-28/h7-10,12,14,17,24,29,36H,5-6,11,13,16H2,1-4H3/t24-/m1/s1. The van der Waals surface area contributed by atoms with E-state index in [9.17, 15) is 10.1 Å². The molecule has 1 aliphatic rings. The minimum Gasteiger partial charge on any atom is -0.490 e. The fourth-order valence-electron chi connectivity index (χ4n) is 4.51. The number of nitrogens with one attached hydrogen (secondary N) is 1. The Morgan fingerprint density at radius 3 is 2.83 bits per heavy atom. The van der Waals surface area contributed by atoms with E-state index in [0.29, 0.717) is 49.5 Å². The van der Waals surface area contributed by atoms with Crippen LogP contribution in [0.3, 0.4) is 0 Å². The topological polar surface area (TPSA) is 104 Å². The van der Waals surface area contributed by atoms with Crippen LogP contribution in [-0.4, -0.2) is 46.7 Å². The van der Waals surface area contributed by atoms with Gasteiger partial charge in [0.15, 0.2) is 0 Å². The average molecular weight is 506 g/mol. The summed E-state index contributed by atoms with van der Waals surface area (Å²) in [5.74, 6) is 1.58. The van der Waals surface area contributed by atoms with E-state index in [0.717, 1.165) is 31.5 Å². The lowest BCUT2D eigenvalue weighted by Crippen LogP contribution is -2.36. The first kappa shape index (κ1) is 25.8. The number of likely N-dealkylation sites (N-methyl/N-ethyl adjacent to an activating group) is 1. The Kier molecular flexibility index (Phi) is 8.35. The summed E-state index contributed by atoms with van der Waals surface area (Å²) < 4.78 is 11.3. The molecule has 1 aliphatic carbocycles. The Balaban J connectivity index is 1.49. The second kappa shape index (κ2) is 11.6. The van der Waals surface area contributed by atoms with Gasteiger partial charge in [-0.3, -0.25) is 9.88 Å². The van der Waals surface area contributed by atoms with Crippen LogP contribution in [0, 0.1) is 11.3 Å². The van der Waals surface area contributed by atoms with E-state index in [2.05, 4.69) is 27.4 Å². The normalized spacial score (nSPS) is 14.8. The molecular weight excluding hydrogens is 473 g/mol. The highest BCUT2D eigenvalue weighted by atomic mass is 31.1. The molecule has 2 atom stereocenters. The van der Waals surface area contributed by atoms with Crippen molar-refractivity contribution < 1.29 is 14.1 Å². The van der Waals surface area contributed by atoms with E-state index in [4.69, 9.17) is 9.26 Å². The first-order valence-corrected chi connectivity index (χ1v) is 13.5. The number of benzene rings is 2. The highest BCUT2D eigenvalue weighted by molar-refractivity contribution is 7.36. The fraction of sp³-hybridized carbons (Fsp3) is 0.407. The zero-order chi connectivity index (χ0) is 25.7. The smallest absolute Gasteiger partial charge is 0.258 e. The van der Waals surface area contributed by atoms with Crippen LogP contribution in [0.2, 0.25) is 0 Å². The van der Waals surface area contributed by atoms with Crippen molar-refractivity contribution in [1.82, 2.24) is 20.1 Å². The second-order valence-electron chi connectivity index (χ2n) is 8.94. The van der Waals surface area contributed by atoms with Crippen molar-refractivity contribution in [2.75, 3.05) is 19.6 Å². The lowest BCUT2D eigenvalue weighted by Gasteiger charge is -2.20. The Morgan fingerprint density at radius 2 is 2.11 bits per heavy atom. The maximum atomic E-state index is 12.3. The molecule has 1 N–H and O–H groups in total. The number of fused-ring (bicyclic) bond motifs is 1. The van der Waals surface area contributed by atoms with Gasteiger partial charge in [0.2, 0.25) is 11.7 Å². The van der Waals surface area contributed by atoms with Gasteiger partial charge in [0.25, 0.3) is 5.89 Å². The van der Waals surface area contributed by atoms with E-state index >= 15 is 0 Å². The number of aromatic nitrogens is 2. The number of amides is 1. The predicted molar refractivity (Wildman–Crippen MR) is 141 cm³/mol. The third-order valence-corrected chi connectivity index (χ3v) is 7.61. The maximum absolute atomic E-state index is 12.3. The van der Waals surface area contributed by atoms with Crippen LogP contribution in [0.1, 0.15) is 56.5 Å². The number of carbonyl (C=O) groups excluding carboxylic acids is 1. The van der Waals surface area contributed by atoms with Gasteiger partial charge in [-0.15, -0.1) is 0 Å². The molecule has 1 unspecified atom stereocenters. The molecule has 0 aliphatic heterocycles.